The third kappa shape index (κ3) is 11.6. The molecule has 11 heteroatoms. The van der Waals surface area contributed by atoms with Crippen LogP contribution in [-0.4, -0.2) is 16.1 Å². The van der Waals surface area contributed by atoms with Crippen molar-refractivity contribution in [2.75, 3.05) is 0 Å². The molecule has 9 aromatic heterocycles. The van der Waals surface area contributed by atoms with E-state index >= 15 is 0 Å². The summed E-state index contributed by atoms with van der Waals surface area (Å²) in [5, 5.41) is 6.40. The molecular weight excluding hydrogens is 957 g/mol. The summed E-state index contributed by atoms with van der Waals surface area (Å²) in [6.45, 7) is 20.5. The van der Waals surface area contributed by atoms with Crippen LogP contribution >= 0.6 is 102 Å². The van der Waals surface area contributed by atoms with Crippen LogP contribution in [0.4, 0.5) is 0 Å². The molecule has 0 bridgehead atoms. The molecule has 0 fully saturated rings. The lowest BCUT2D eigenvalue weighted by molar-refractivity contribution is 1.20. The Balaban J connectivity index is 0.000000155. The third-order valence-corrected chi connectivity index (χ3v) is 35.5. The predicted molar refractivity (Wildman–Crippen MR) is 303 cm³/mol. The summed E-state index contributed by atoms with van der Waals surface area (Å²) in [6, 6.07) is 48.7. The Morgan fingerprint density at radius 2 is 0.565 bits per heavy atom. The van der Waals surface area contributed by atoms with Crippen molar-refractivity contribution in [1.82, 2.24) is 0 Å². The molecule has 0 aliphatic rings. The summed E-state index contributed by atoms with van der Waals surface area (Å²) in [4.78, 5) is 18.2. The quantitative estimate of drug-likeness (QED) is 0.0953. The van der Waals surface area contributed by atoms with Crippen LogP contribution in [0.25, 0.3) is 58.5 Å². The summed E-state index contributed by atoms with van der Waals surface area (Å²) >= 11 is 17.2. The maximum absolute atomic E-state index is 2.43. The average molecular weight is 1020 g/mol. The molecule has 0 saturated heterocycles. The Bertz CT molecular complexity index is 2530. The Hall–Kier alpha value is -2.27. The molecule has 62 heavy (non-hydrogen) atoms. The van der Waals surface area contributed by atoms with Crippen molar-refractivity contribution in [2.45, 2.75) is 98.6 Å². The van der Waals surface area contributed by atoms with Gasteiger partial charge in [0.1, 0.15) is 0 Å². The SMILES string of the molecule is CC.CC[Si](CC)(CC)c1ccc(-c2ccc(-c3ccc(C)s3)s2)s1.CC[Si](CC)(CC)c1ccc(-c2ccc(-c3cccs3)s2)s1.c1csc(-c2ccc(-c3cccs3)s2)c1. The van der Waals surface area contributed by atoms with Gasteiger partial charge in [0.2, 0.25) is 0 Å². The Morgan fingerprint density at radius 3 is 0.823 bits per heavy atom. The van der Waals surface area contributed by atoms with Gasteiger partial charge < -0.3 is 0 Å². The van der Waals surface area contributed by atoms with Crippen molar-refractivity contribution in [3.05, 3.63) is 130 Å². The number of thiophene rings is 9. The van der Waals surface area contributed by atoms with E-state index in [9.17, 15) is 0 Å². The molecule has 9 aromatic rings. The molecule has 0 atom stereocenters. The van der Waals surface area contributed by atoms with E-state index in [-0.39, 0.29) is 0 Å². The normalized spacial score (nSPS) is 11.4. The van der Waals surface area contributed by atoms with Crippen LogP contribution in [0.3, 0.4) is 0 Å². The fraction of sp³-hybridized carbons (Fsp3) is 0.294. The maximum atomic E-state index is 2.43. The van der Waals surface area contributed by atoms with Gasteiger partial charge in [-0.1, -0.05) is 122 Å². The first kappa shape index (κ1) is 49.2. The standard InChI is InChI=1S/C19H24S3Si.C18H22S3Si.C12H8S3.C2H6/c1-5-23(6-2,7-3)19-13-12-18(22-19)17-11-10-16(21-17)15-9-8-14(4)20-15;1-4-22(5-2,6-3)18-12-11-17(21-18)16-10-9-15(20-16)14-8-7-13-19-14;1-3-9(13-7-1)11-5-6-12(15-11)10-4-2-8-14-10;1-2/h8-13H,5-7H2,1-4H3;7-13H,4-6H2,1-3H3;1-8H;1-2H3. The van der Waals surface area contributed by atoms with Crippen molar-refractivity contribution in [1.29, 1.82) is 0 Å². The van der Waals surface area contributed by atoms with Gasteiger partial charge in [0, 0.05) is 63.4 Å². The molecule has 0 nitrogen and oxygen atoms in total. The highest BCUT2D eigenvalue weighted by molar-refractivity contribution is 7.33. The molecule has 0 aliphatic carbocycles. The van der Waals surface area contributed by atoms with Crippen molar-refractivity contribution in [2.24, 2.45) is 0 Å². The topological polar surface area (TPSA) is 0 Å². The van der Waals surface area contributed by atoms with E-state index in [1.807, 2.05) is 70.5 Å². The van der Waals surface area contributed by atoms with Crippen LogP contribution in [0.5, 0.6) is 0 Å². The zero-order valence-electron chi connectivity index (χ0n) is 37.5. The van der Waals surface area contributed by atoms with Crippen molar-refractivity contribution in [3.63, 3.8) is 0 Å². The molecule has 0 saturated carbocycles. The lowest BCUT2D eigenvalue weighted by Crippen LogP contribution is -2.43. The number of aryl methyl sites for hydroxylation is 1. The molecule has 9 rings (SSSR count). The summed E-state index contributed by atoms with van der Waals surface area (Å²) in [5.41, 5.74) is 0. The van der Waals surface area contributed by atoms with Gasteiger partial charge in [-0.25, -0.2) is 0 Å². The van der Waals surface area contributed by atoms with Gasteiger partial charge in [-0.05, 0) is 111 Å². The van der Waals surface area contributed by atoms with E-state index in [0.717, 1.165) is 0 Å². The summed E-state index contributed by atoms with van der Waals surface area (Å²) in [6.07, 6.45) is 0. The highest BCUT2D eigenvalue weighted by Crippen LogP contribution is 2.41. The van der Waals surface area contributed by atoms with E-state index in [4.69, 9.17) is 0 Å². The average Bonchev–Trinajstić information content (AvgIpc) is 4.14. The zero-order chi connectivity index (χ0) is 44.1. The van der Waals surface area contributed by atoms with Gasteiger partial charge >= 0.3 is 0 Å². The first-order chi connectivity index (χ1) is 30.3. The number of hydrogen-bond donors (Lipinski definition) is 0. The number of rotatable bonds is 14. The summed E-state index contributed by atoms with van der Waals surface area (Å²) < 4.78 is 3.39. The van der Waals surface area contributed by atoms with Gasteiger partial charge in [0.15, 0.2) is 0 Å². The van der Waals surface area contributed by atoms with Crippen molar-refractivity contribution < 1.29 is 0 Å². The van der Waals surface area contributed by atoms with Gasteiger partial charge in [-0.3, -0.25) is 0 Å². The molecule has 0 spiro atoms. The minimum Gasteiger partial charge on any atom is -0.144 e. The highest BCUT2D eigenvalue weighted by Gasteiger charge is 2.32. The Kier molecular flexibility index (Phi) is 18.9. The molecule has 0 aromatic carbocycles. The minimum atomic E-state index is -1.23. The lowest BCUT2D eigenvalue weighted by atomic mass is 10.3. The molecule has 0 radical (unpaired) electrons. The number of hydrogen-bond acceptors (Lipinski definition) is 9. The fourth-order valence-electron chi connectivity index (χ4n) is 7.69. The zero-order valence-corrected chi connectivity index (χ0v) is 46.9. The van der Waals surface area contributed by atoms with E-state index in [1.54, 1.807) is 31.7 Å². The largest absolute Gasteiger partial charge is 0.144 e. The second-order valence-electron chi connectivity index (χ2n) is 14.8. The molecule has 9 heterocycles. The highest BCUT2D eigenvalue weighted by atomic mass is 32.1. The first-order valence-corrected chi connectivity index (χ1v) is 34.7. The molecule has 326 valence electrons. The minimum absolute atomic E-state index is 1.23. The Labute approximate surface area is 410 Å². The van der Waals surface area contributed by atoms with Crippen LogP contribution in [-0.2, 0) is 0 Å². The van der Waals surface area contributed by atoms with Gasteiger partial charge in [0.25, 0.3) is 0 Å². The van der Waals surface area contributed by atoms with Crippen molar-refractivity contribution >= 4 is 127 Å². The Morgan fingerprint density at radius 1 is 0.306 bits per heavy atom. The third-order valence-electron chi connectivity index (χ3n) is 11.9. The molecule has 0 aliphatic heterocycles. The fourth-order valence-corrected chi connectivity index (χ4v) is 26.8. The van der Waals surface area contributed by atoms with Gasteiger partial charge in [-0.2, -0.15) is 0 Å². The van der Waals surface area contributed by atoms with Crippen molar-refractivity contribution in [3.8, 4) is 58.5 Å². The summed E-state index contributed by atoms with van der Waals surface area (Å²) in [5.74, 6) is 0. The predicted octanol–water partition coefficient (Wildman–Crippen LogP) is 20.4. The van der Waals surface area contributed by atoms with Crippen LogP contribution in [0.15, 0.2) is 125 Å². The van der Waals surface area contributed by atoms with Crippen LogP contribution in [0.2, 0.25) is 36.3 Å². The van der Waals surface area contributed by atoms with Crippen LogP contribution in [0, 0.1) is 6.92 Å². The molecule has 0 unspecified atom stereocenters. The van der Waals surface area contributed by atoms with Gasteiger partial charge in [0.05, 0.1) is 16.1 Å². The smallest absolute Gasteiger partial charge is 0.0987 e. The van der Waals surface area contributed by atoms with E-state index < -0.39 is 16.1 Å². The first-order valence-electron chi connectivity index (χ1n) is 22.0. The summed E-state index contributed by atoms with van der Waals surface area (Å²) in [7, 11) is -2.46. The second kappa shape index (κ2) is 23.8. The second-order valence-corrected chi connectivity index (χ2v) is 35.6. The van der Waals surface area contributed by atoms with Crippen LogP contribution in [0.1, 0.15) is 60.3 Å². The molecule has 0 amide bonds. The molecule has 0 N–H and O–H groups in total. The van der Waals surface area contributed by atoms with Crippen LogP contribution < -0.4 is 9.00 Å². The maximum Gasteiger partial charge on any atom is 0.0987 e. The van der Waals surface area contributed by atoms with Gasteiger partial charge in [-0.15, -0.1) is 102 Å². The van der Waals surface area contributed by atoms with E-state index in [2.05, 4.69) is 196 Å². The molecular formula is C51H60S9Si2. The van der Waals surface area contributed by atoms with E-state index in [0.29, 0.717) is 0 Å². The monoisotopic (exact) mass is 1020 g/mol. The van der Waals surface area contributed by atoms with E-state index in [1.165, 1.54) is 99.7 Å². The lowest BCUT2D eigenvalue weighted by Gasteiger charge is -2.26.